The van der Waals surface area contributed by atoms with Gasteiger partial charge in [0, 0.05) is 42.8 Å². The van der Waals surface area contributed by atoms with Gasteiger partial charge in [0.1, 0.15) is 0 Å². The van der Waals surface area contributed by atoms with Crippen molar-refractivity contribution in [3.63, 3.8) is 0 Å². The van der Waals surface area contributed by atoms with Gasteiger partial charge in [0.2, 0.25) is 5.91 Å². The summed E-state index contributed by atoms with van der Waals surface area (Å²) >= 11 is 0. The number of nitrogens with one attached hydrogen (secondary N) is 1. The molecule has 2 atom stereocenters. The molecule has 0 radical (unpaired) electrons. The first-order valence-electron chi connectivity index (χ1n) is 10.2. The van der Waals surface area contributed by atoms with E-state index >= 15 is 0 Å². The lowest BCUT2D eigenvalue weighted by molar-refractivity contribution is -0.192. The van der Waals surface area contributed by atoms with Crippen LogP contribution in [0.25, 0.3) is 16.5 Å². The van der Waals surface area contributed by atoms with Gasteiger partial charge in [-0.2, -0.15) is 13.2 Å². The van der Waals surface area contributed by atoms with Crippen LogP contribution in [0.2, 0.25) is 0 Å². The summed E-state index contributed by atoms with van der Waals surface area (Å²) in [7, 11) is 2.15. The Labute approximate surface area is 178 Å². The number of fused-ring (bicyclic) bond motifs is 2. The van der Waals surface area contributed by atoms with Crippen LogP contribution in [-0.4, -0.2) is 70.7 Å². The Kier molecular flexibility index (Phi) is 6.45. The minimum absolute atomic E-state index is 0.0445. The van der Waals surface area contributed by atoms with Crippen LogP contribution >= 0.6 is 0 Å². The third-order valence-corrected chi connectivity index (χ3v) is 5.90. The molecule has 1 amide bonds. The molecule has 0 saturated heterocycles. The molecule has 1 aliphatic heterocycles. The number of aromatic nitrogens is 1. The zero-order valence-electron chi connectivity index (χ0n) is 17.7. The molecular weight excluding hydrogens is 411 g/mol. The molecule has 0 fully saturated rings. The highest BCUT2D eigenvalue weighted by atomic mass is 19.4. The van der Waals surface area contributed by atoms with E-state index in [-0.39, 0.29) is 11.8 Å². The van der Waals surface area contributed by atoms with Gasteiger partial charge in [-0.1, -0.05) is 18.2 Å². The van der Waals surface area contributed by atoms with E-state index < -0.39 is 12.1 Å². The highest BCUT2D eigenvalue weighted by Gasteiger charge is 2.38. The van der Waals surface area contributed by atoms with Gasteiger partial charge in [0.15, 0.2) is 0 Å². The number of carbonyl (C=O) groups is 2. The molecule has 1 aliphatic carbocycles. The number of aromatic amines is 1. The lowest BCUT2D eigenvalue weighted by Gasteiger charge is -2.40. The van der Waals surface area contributed by atoms with Gasteiger partial charge in [-0.25, -0.2) is 4.79 Å². The van der Waals surface area contributed by atoms with Crippen LogP contribution in [-0.2, 0) is 16.0 Å². The molecule has 1 aromatic carbocycles. The van der Waals surface area contributed by atoms with Gasteiger partial charge in [-0.3, -0.25) is 9.69 Å². The Bertz CT molecular complexity index is 1010. The van der Waals surface area contributed by atoms with Gasteiger partial charge in [0.05, 0.1) is 5.92 Å². The molecule has 2 heterocycles. The van der Waals surface area contributed by atoms with Crippen LogP contribution in [0.3, 0.4) is 0 Å². The highest BCUT2D eigenvalue weighted by Crippen LogP contribution is 2.40. The smallest absolute Gasteiger partial charge is 0.475 e. The summed E-state index contributed by atoms with van der Waals surface area (Å²) < 4.78 is 31.7. The van der Waals surface area contributed by atoms with Crippen LogP contribution in [0.15, 0.2) is 30.5 Å². The molecule has 9 heteroatoms. The predicted octanol–water partition coefficient (Wildman–Crippen LogP) is 3.54. The second-order valence-electron chi connectivity index (χ2n) is 7.74. The number of aliphatic carboxylic acids is 1. The van der Waals surface area contributed by atoms with E-state index in [0.29, 0.717) is 6.04 Å². The molecule has 0 unspecified atom stereocenters. The van der Waals surface area contributed by atoms with Gasteiger partial charge in [0.25, 0.3) is 0 Å². The van der Waals surface area contributed by atoms with Crippen molar-refractivity contribution in [3.05, 3.63) is 41.6 Å². The van der Waals surface area contributed by atoms with Crippen LogP contribution in [0.4, 0.5) is 13.2 Å². The summed E-state index contributed by atoms with van der Waals surface area (Å²) in [6.45, 7) is 6.47. The fourth-order valence-electron chi connectivity index (χ4n) is 4.38. The fraction of sp³-hybridized carbons (Fsp3) is 0.455. The van der Waals surface area contributed by atoms with Crippen molar-refractivity contribution < 1.29 is 27.9 Å². The third kappa shape index (κ3) is 4.46. The number of H-pyrrole nitrogens is 1. The number of hydrogen-bond donors (Lipinski definition) is 2. The van der Waals surface area contributed by atoms with E-state index in [1.165, 1.54) is 27.6 Å². The number of carboxylic acid groups (broad SMARTS) is 1. The van der Waals surface area contributed by atoms with E-state index in [2.05, 4.69) is 61.3 Å². The zero-order valence-corrected chi connectivity index (χ0v) is 17.7. The standard InChI is InChI=1S/C20H25N3O.C2HF3O2/c1-4-23(5-2)20(24)14-9-16-15-7-6-8-17-19(15)13(11-21-17)10-18(16)22(3)12-14;3-2(4,5)1(6)7/h6-9,11,14,18,21H,4-5,10,12H2,1-3H3;(H,6,7)/t14-,18-;/m1./s1. The summed E-state index contributed by atoms with van der Waals surface area (Å²) in [6.07, 6.45) is 0.327. The van der Waals surface area contributed by atoms with Crippen molar-refractivity contribution in [2.24, 2.45) is 5.92 Å². The maximum Gasteiger partial charge on any atom is 0.490 e. The van der Waals surface area contributed by atoms with Crippen LogP contribution < -0.4 is 0 Å². The average molecular weight is 437 g/mol. The molecule has 0 spiro atoms. The van der Waals surface area contributed by atoms with Crippen molar-refractivity contribution in [2.45, 2.75) is 32.5 Å². The molecule has 4 rings (SSSR count). The average Bonchev–Trinajstić information content (AvgIpc) is 3.13. The Hall–Kier alpha value is -2.81. The van der Waals surface area contributed by atoms with E-state index in [1.807, 2.05) is 4.90 Å². The molecule has 1 aromatic heterocycles. The molecular formula is C22H26F3N3O3. The summed E-state index contributed by atoms with van der Waals surface area (Å²) in [5, 5.41) is 8.46. The van der Waals surface area contributed by atoms with Crippen LogP contribution in [0.1, 0.15) is 25.0 Å². The van der Waals surface area contributed by atoms with Crippen molar-refractivity contribution in [2.75, 3.05) is 26.7 Å². The minimum Gasteiger partial charge on any atom is -0.475 e. The van der Waals surface area contributed by atoms with E-state index in [4.69, 9.17) is 9.90 Å². The van der Waals surface area contributed by atoms with E-state index in [1.54, 1.807) is 0 Å². The van der Waals surface area contributed by atoms with Gasteiger partial charge in [-0.15, -0.1) is 0 Å². The fourth-order valence-corrected chi connectivity index (χ4v) is 4.38. The topological polar surface area (TPSA) is 76.6 Å². The molecule has 0 bridgehead atoms. The molecule has 2 N–H and O–H groups in total. The molecule has 2 aromatic rings. The van der Waals surface area contributed by atoms with Crippen molar-refractivity contribution >= 4 is 28.4 Å². The quantitative estimate of drug-likeness (QED) is 0.770. The van der Waals surface area contributed by atoms with Gasteiger partial charge in [-0.05, 0) is 50.1 Å². The zero-order chi connectivity index (χ0) is 22.9. The number of nitrogens with zero attached hydrogens (tertiary/aromatic N) is 2. The summed E-state index contributed by atoms with van der Waals surface area (Å²) in [4.78, 5) is 29.5. The van der Waals surface area contributed by atoms with Crippen molar-refractivity contribution in [1.82, 2.24) is 14.8 Å². The Morgan fingerprint density at radius 1 is 1.26 bits per heavy atom. The normalized spacial score (nSPS) is 20.4. The summed E-state index contributed by atoms with van der Waals surface area (Å²) in [5.41, 5.74) is 5.21. The first-order valence-corrected chi connectivity index (χ1v) is 10.2. The van der Waals surface area contributed by atoms with E-state index in [9.17, 15) is 18.0 Å². The second-order valence-corrected chi connectivity index (χ2v) is 7.74. The maximum absolute atomic E-state index is 12.9. The van der Waals surface area contributed by atoms with Crippen molar-refractivity contribution in [1.29, 1.82) is 0 Å². The van der Waals surface area contributed by atoms with Crippen molar-refractivity contribution in [3.8, 4) is 0 Å². The van der Waals surface area contributed by atoms with Crippen LogP contribution in [0.5, 0.6) is 0 Å². The number of carbonyl (C=O) groups excluding carboxylic acids is 1. The number of carboxylic acids is 1. The summed E-state index contributed by atoms with van der Waals surface area (Å²) in [6, 6.07) is 6.82. The minimum atomic E-state index is -5.08. The number of halogens is 3. The Balaban J connectivity index is 0.000000339. The lowest BCUT2D eigenvalue weighted by Crippen LogP contribution is -2.47. The molecule has 0 saturated carbocycles. The highest BCUT2D eigenvalue weighted by molar-refractivity contribution is 5.99. The van der Waals surface area contributed by atoms with Gasteiger partial charge < -0.3 is 15.0 Å². The number of hydrogen-bond acceptors (Lipinski definition) is 3. The molecule has 6 nitrogen and oxygen atoms in total. The SMILES string of the molecule is CCN(CC)C(=O)[C@@H]1C=C2c3cccc4[nH]cc(c34)C[C@H]2N(C)C1.O=C(O)C(F)(F)F. The van der Waals surface area contributed by atoms with Crippen LogP contribution in [0, 0.1) is 5.92 Å². The largest absolute Gasteiger partial charge is 0.490 e. The number of benzene rings is 1. The first-order chi connectivity index (χ1) is 14.6. The number of amides is 1. The molecule has 168 valence electrons. The Morgan fingerprint density at radius 2 is 1.90 bits per heavy atom. The predicted molar refractivity (Wildman–Crippen MR) is 112 cm³/mol. The second kappa shape index (κ2) is 8.74. The molecule has 31 heavy (non-hydrogen) atoms. The number of rotatable bonds is 3. The lowest BCUT2D eigenvalue weighted by atomic mass is 9.79. The van der Waals surface area contributed by atoms with Gasteiger partial charge >= 0.3 is 12.1 Å². The number of alkyl halides is 3. The molecule has 2 aliphatic rings. The summed E-state index contributed by atoms with van der Waals surface area (Å²) in [5.74, 6) is -2.55. The first kappa shape index (κ1) is 22.9. The third-order valence-electron chi connectivity index (χ3n) is 5.90. The maximum atomic E-state index is 12.9. The van der Waals surface area contributed by atoms with E-state index in [0.717, 1.165) is 26.1 Å². The monoisotopic (exact) mass is 437 g/mol. The Morgan fingerprint density at radius 3 is 2.48 bits per heavy atom. The number of likely N-dealkylation sites (N-methyl/N-ethyl adjacent to an activating group) is 1.